The van der Waals surface area contributed by atoms with Crippen LogP contribution in [0.25, 0.3) is 10.8 Å². The quantitative estimate of drug-likeness (QED) is 0.632. The highest BCUT2D eigenvalue weighted by Gasteiger charge is 2.05. The van der Waals surface area contributed by atoms with Crippen molar-refractivity contribution in [2.45, 2.75) is 6.92 Å². The molecule has 0 radical (unpaired) electrons. The number of pyridine rings is 1. The Kier molecular flexibility index (Phi) is 2.06. The molecule has 0 spiro atoms. The van der Waals surface area contributed by atoms with Crippen molar-refractivity contribution >= 4 is 34.0 Å². The number of fused-ring (bicyclic) bond motifs is 1. The van der Waals surface area contributed by atoms with Gasteiger partial charge < -0.3 is 0 Å². The van der Waals surface area contributed by atoms with Gasteiger partial charge >= 0.3 is 0 Å². The van der Waals surface area contributed by atoms with Crippen LogP contribution in [-0.2, 0) is 0 Å². The number of hydrogen-bond donors (Lipinski definition) is 0. The minimum atomic E-state index is 0.352. The Bertz CT molecular complexity index is 470. The normalized spacial score (nSPS) is 10.7. The Hall–Kier alpha value is -0.930. The largest absolute Gasteiger partial charge is 0.244 e. The fraction of sp³-hybridized carbons (Fsp3) is 0.125. The van der Waals surface area contributed by atoms with E-state index in [-0.39, 0.29) is 0 Å². The van der Waals surface area contributed by atoms with Crippen molar-refractivity contribution < 1.29 is 0 Å². The molecular formula is C8H5Cl2N3. The summed E-state index contributed by atoms with van der Waals surface area (Å²) < 4.78 is 0. The average Bonchev–Trinajstić information content (AvgIpc) is 2.12. The van der Waals surface area contributed by atoms with Crippen LogP contribution in [0, 0.1) is 6.92 Å². The molecule has 0 saturated heterocycles. The molecule has 2 aromatic heterocycles. The highest BCUT2D eigenvalue weighted by atomic mass is 35.5. The summed E-state index contributed by atoms with van der Waals surface area (Å²) in [5, 5.41) is 10.1. The molecule has 2 aromatic rings. The van der Waals surface area contributed by atoms with Crippen LogP contribution in [0.5, 0.6) is 0 Å². The molecule has 5 heteroatoms. The van der Waals surface area contributed by atoms with Gasteiger partial charge in [-0.15, -0.1) is 5.10 Å². The van der Waals surface area contributed by atoms with Crippen LogP contribution in [0.4, 0.5) is 0 Å². The molecule has 0 bridgehead atoms. The Balaban J connectivity index is 2.92. The van der Waals surface area contributed by atoms with Crippen molar-refractivity contribution in [3.8, 4) is 0 Å². The number of nitrogens with zero attached hydrogens (tertiary/aromatic N) is 3. The molecule has 2 rings (SSSR count). The third-order valence-electron chi connectivity index (χ3n) is 1.77. The zero-order chi connectivity index (χ0) is 9.42. The van der Waals surface area contributed by atoms with Crippen molar-refractivity contribution in [2.75, 3.05) is 0 Å². The number of hydrogen-bond acceptors (Lipinski definition) is 3. The van der Waals surface area contributed by atoms with E-state index in [1.807, 2.05) is 6.92 Å². The van der Waals surface area contributed by atoms with E-state index in [1.165, 1.54) is 0 Å². The van der Waals surface area contributed by atoms with Gasteiger partial charge in [0.15, 0.2) is 5.15 Å². The fourth-order valence-electron chi connectivity index (χ4n) is 1.12. The van der Waals surface area contributed by atoms with E-state index in [0.717, 1.165) is 16.5 Å². The Morgan fingerprint density at radius 1 is 1.15 bits per heavy atom. The van der Waals surface area contributed by atoms with Crippen LogP contribution in [0.1, 0.15) is 5.69 Å². The lowest BCUT2D eigenvalue weighted by atomic mass is 10.2. The van der Waals surface area contributed by atoms with Crippen LogP contribution in [0.2, 0.25) is 10.3 Å². The molecule has 0 saturated carbocycles. The summed E-state index contributed by atoms with van der Waals surface area (Å²) in [6.07, 6.45) is 1.65. The highest BCUT2D eigenvalue weighted by molar-refractivity contribution is 6.35. The molecule has 66 valence electrons. The van der Waals surface area contributed by atoms with E-state index in [4.69, 9.17) is 23.2 Å². The monoisotopic (exact) mass is 213 g/mol. The van der Waals surface area contributed by atoms with Crippen LogP contribution >= 0.6 is 23.2 Å². The summed E-state index contributed by atoms with van der Waals surface area (Å²) in [5.41, 5.74) is 0.795. The van der Waals surface area contributed by atoms with E-state index in [2.05, 4.69) is 15.2 Å². The second-order valence-electron chi connectivity index (χ2n) is 2.63. The zero-order valence-corrected chi connectivity index (χ0v) is 8.26. The zero-order valence-electron chi connectivity index (χ0n) is 6.75. The summed E-state index contributed by atoms with van der Waals surface area (Å²) in [4.78, 5) is 3.95. The van der Waals surface area contributed by atoms with Crippen molar-refractivity contribution in [3.63, 3.8) is 0 Å². The van der Waals surface area contributed by atoms with Gasteiger partial charge in [0, 0.05) is 17.0 Å². The summed E-state index contributed by atoms with van der Waals surface area (Å²) >= 11 is 11.6. The Morgan fingerprint density at radius 3 is 2.69 bits per heavy atom. The second kappa shape index (κ2) is 3.09. The van der Waals surface area contributed by atoms with Gasteiger partial charge in [-0.05, 0) is 13.0 Å². The maximum absolute atomic E-state index is 5.84. The number of rotatable bonds is 0. The minimum Gasteiger partial charge on any atom is -0.244 e. The van der Waals surface area contributed by atoms with Crippen LogP contribution in [0.15, 0.2) is 12.3 Å². The van der Waals surface area contributed by atoms with E-state index in [1.54, 1.807) is 12.3 Å². The van der Waals surface area contributed by atoms with Gasteiger partial charge in [-0.25, -0.2) is 4.98 Å². The van der Waals surface area contributed by atoms with E-state index < -0.39 is 0 Å². The summed E-state index contributed by atoms with van der Waals surface area (Å²) in [5.74, 6) is 0. The molecular weight excluding hydrogens is 209 g/mol. The molecule has 0 aliphatic heterocycles. The Labute approximate surface area is 84.7 Å². The van der Waals surface area contributed by atoms with Crippen LogP contribution in [0.3, 0.4) is 0 Å². The van der Waals surface area contributed by atoms with E-state index in [9.17, 15) is 0 Å². The predicted octanol–water partition coefficient (Wildman–Crippen LogP) is 2.64. The van der Waals surface area contributed by atoms with Gasteiger partial charge in [0.1, 0.15) is 5.15 Å². The molecule has 0 amide bonds. The first-order valence-corrected chi connectivity index (χ1v) is 4.38. The minimum absolute atomic E-state index is 0.352. The summed E-state index contributed by atoms with van der Waals surface area (Å²) in [6, 6.07) is 1.68. The smallest absolute Gasteiger partial charge is 0.159 e. The molecule has 0 fully saturated rings. The first-order valence-electron chi connectivity index (χ1n) is 3.62. The van der Waals surface area contributed by atoms with Crippen molar-refractivity contribution in [1.82, 2.24) is 15.2 Å². The summed E-state index contributed by atoms with van der Waals surface area (Å²) in [6.45, 7) is 1.85. The first-order chi connectivity index (χ1) is 6.18. The maximum atomic E-state index is 5.84. The number of aryl methyl sites for hydroxylation is 1. The maximum Gasteiger partial charge on any atom is 0.159 e. The SMILES string of the molecule is Cc1nnc(Cl)c2cc(Cl)ncc12. The van der Waals surface area contributed by atoms with Gasteiger partial charge in [-0.1, -0.05) is 23.2 Å². The van der Waals surface area contributed by atoms with Gasteiger partial charge in [-0.2, -0.15) is 5.10 Å². The predicted molar refractivity (Wildman–Crippen MR) is 52.1 cm³/mol. The average molecular weight is 214 g/mol. The van der Waals surface area contributed by atoms with Crippen molar-refractivity contribution in [2.24, 2.45) is 0 Å². The molecule has 2 heterocycles. The molecule has 0 atom stereocenters. The van der Waals surface area contributed by atoms with Crippen molar-refractivity contribution in [3.05, 3.63) is 28.3 Å². The van der Waals surface area contributed by atoms with Gasteiger partial charge in [0.2, 0.25) is 0 Å². The van der Waals surface area contributed by atoms with Crippen LogP contribution in [-0.4, -0.2) is 15.2 Å². The lowest BCUT2D eigenvalue weighted by Gasteiger charge is -2.01. The Morgan fingerprint density at radius 2 is 1.92 bits per heavy atom. The molecule has 0 unspecified atom stereocenters. The van der Waals surface area contributed by atoms with Crippen molar-refractivity contribution in [1.29, 1.82) is 0 Å². The number of aromatic nitrogens is 3. The van der Waals surface area contributed by atoms with Gasteiger partial charge in [-0.3, -0.25) is 0 Å². The third-order valence-corrected chi connectivity index (χ3v) is 2.26. The summed E-state index contributed by atoms with van der Waals surface area (Å²) in [7, 11) is 0. The first kappa shape index (κ1) is 8.66. The third kappa shape index (κ3) is 1.45. The molecule has 0 aliphatic carbocycles. The van der Waals surface area contributed by atoms with E-state index in [0.29, 0.717) is 10.3 Å². The van der Waals surface area contributed by atoms with Crippen LogP contribution < -0.4 is 0 Å². The number of halogens is 2. The second-order valence-corrected chi connectivity index (χ2v) is 3.37. The van der Waals surface area contributed by atoms with Gasteiger partial charge in [0.25, 0.3) is 0 Å². The fourth-order valence-corrected chi connectivity index (χ4v) is 1.47. The molecule has 0 N–H and O–H groups in total. The molecule has 3 nitrogen and oxygen atoms in total. The highest BCUT2D eigenvalue weighted by Crippen LogP contribution is 2.23. The van der Waals surface area contributed by atoms with E-state index >= 15 is 0 Å². The lowest BCUT2D eigenvalue weighted by Crippen LogP contribution is -1.90. The molecule has 0 aliphatic rings. The molecule has 13 heavy (non-hydrogen) atoms. The standard InChI is InChI=1S/C8H5Cl2N3/c1-4-6-3-11-7(9)2-5(6)8(10)13-12-4/h2-3H,1H3. The lowest BCUT2D eigenvalue weighted by molar-refractivity contribution is 1.00. The molecule has 0 aromatic carbocycles. The topological polar surface area (TPSA) is 38.7 Å². The van der Waals surface area contributed by atoms with Gasteiger partial charge in [0.05, 0.1) is 5.69 Å².